The monoisotopic (exact) mass is 261 g/mol. The molecular weight excluding hydrogens is 245 g/mol. The van der Waals surface area contributed by atoms with Crippen molar-refractivity contribution in [2.45, 2.75) is 6.92 Å². The zero-order valence-electron chi connectivity index (χ0n) is 11.2. The molecule has 1 amide bonds. The topological polar surface area (TPSA) is 45.2 Å². The summed E-state index contributed by atoms with van der Waals surface area (Å²) in [5.41, 5.74) is 1.05. The van der Waals surface area contributed by atoms with E-state index in [0.29, 0.717) is 28.8 Å². The lowest BCUT2D eigenvalue weighted by atomic mass is 10.1. The first-order valence-corrected chi connectivity index (χ1v) is 6.08. The van der Waals surface area contributed by atoms with Crippen molar-refractivity contribution in [3.8, 4) is 0 Å². The molecule has 0 aliphatic carbocycles. The molecule has 0 spiro atoms. The molecule has 0 aliphatic heterocycles. The highest BCUT2D eigenvalue weighted by molar-refractivity contribution is 6.07. The maximum atomic E-state index is 13.4. The molecule has 0 aliphatic rings. The van der Waals surface area contributed by atoms with Crippen LogP contribution in [0.15, 0.2) is 24.3 Å². The fourth-order valence-corrected chi connectivity index (χ4v) is 1.86. The zero-order chi connectivity index (χ0) is 14.0. The van der Waals surface area contributed by atoms with E-state index < -0.39 is 0 Å². The summed E-state index contributed by atoms with van der Waals surface area (Å²) in [6.07, 6.45) is 0. The van der Waals surface area contributed by atoms with E-state index in [0.717, 1.165) is 0 Å². The summed E-state index contributed by atoms with van der Waals surface area (Å²) in [4.78, 5) is 18.3. The number of hydrogen-bond acceptors (Lipinski definition) is 3. The Balaban J connectivity index is 2.69. The summed E-state index contributed by atoms with van der Waals surface area (Å²) in [7, 11) is 3.69. The Kier molecular flexibility index (Phi) is 3.64. The second-order valence-corrected chi connectivity index (χ2v) is 4.44. The van der Waals surface area contributed by atoms with E-state index >= 15 is 0 Å². The van der Waals surface area contributed by atoms with Crippen molar-refractivity contribution in [1.29, 1.82) is 0 Å². The first kappa shape index (κ1) is 13.3. The standard InChI is InChI=1S/C14H16FN3O/c1-4-16-14(19)11-8-13(18(2)3)17-12-6-5-9(15)7-10(11)12/h5-8H,4H2,1-3H3,(H,16,19). The van der Waals surface area contributed by atoms with Crippen LogP contribution < -0.4 is 10.2 Å². The Morgan fingerprint density at radius 1 is 1.37 bits per heavy atom. The van der Waals surface area contributed by atoms with Gasteiger partial charge in [0.2, 0.25) is 0 Å². The molecule has 0 fully saturated rings. The van der Waals surface area contributed by atoms with Gasteiger partial charge in [0, 0.05) is 26.0 Å². The Labute approximate surface area is 111 Å². The lowest BCUT2D eigenvalue weighted by Gasteiger charge is -2.14. The lowest BCUT2D eigenvalue weighted by Crippen LogP contribution is -2.23. The van der Waals surface area contributed by atoms with Crippen LogP contribution in [0, 0.1) is 5.82 Å². The number of benzene rings is 1. The summed E-state index contributed by atoms with van der Waals surface area (Å²) < 4.78 is 13.4. The molecule has 0 radical (unpaired) electrons. The van der Waals surface area contributed by atoms with Crippen molar-refractivity contribution in [1.82, 2.24) is 10.3 Å². The molecular formula is C14H16FN3O. The molecule has 4 nitrogen and oxygen atoms in total. The molecule has 1 heterocycles. The number of nitrogens with one attached hydrogen (secondary N) is 1. The third-order valence-corrected chi connectivity index (χ3v) is 2.80. The Morgan fingerprint density at radius 3 is 2.74 bits per heavy atom. The molecule has 1 aromatic heterocycles. The number of rotatable bonds is 3. The van der Waals surface area contributed by atoms with Crippen molar-refractivity contribution in [2.24, 2.45) is 0 Å². The minimum absolute atomic E-state index is 0.219. The molecule has 0 bridgehead atoms. The van der Waals surface area contributed by atoms with Crippen LogP contribution in [0.5, 0.6) is 0 Å². The number of hydrogen-bond donors (Lipinski definition) is 1. The van der Waals surface area contributed by atoms with Gasteiger partial charge in [-0.1, -0.05) is 0 Å². The molecule has 2 rings (SSSR count). The van der Waals surface area contributed by atoms with Crippen molar-refractivity contribution in [3.05, 3.63) is 35.6 Å². The van der Waals surface area contributed by atoms with Gasteiger partial charge in [-0.25, -0.2) is 9.37 Å². The average molecular weight is 261 g/mol. The highest BCUT2D eigenvalue weighted by Gasteiger charge is 2.13. The second kappa shape index (κ2) is 5.22. The fraction of sp³-hybridized carbons (Fsp3) is 0.286. The highest BCUT2D eigenvalue weighted by atomic mass is 19.1. The summed E-state index contributed by atoms with van der Waals surface area (Å²) in [5.74, 6) is 0.0708. The zero-order valence-corrected chi connectivity index (χ0v) is 11.2. The number of aromatic nitrogens is 1. The number of halogens is 1. The summed E-state index contributed by atoms with van der Waals surface area (Å²) in [6, 6.07) is 5.94. The van der Waals surface area contributed by atoms with Crippen molar-refractivity contribution in [2.75, 3.05) is 25.5 Å². The minimum atomic E-state index is -0.377. The Bertz CT molecular complexity index is 625. The van der Waals surface area contributed by atoms with Gasteiger partial charge in [0.25, 0.3) is 5.91 Å². The van der Waals surface area contributed by atoms with Gasteiger partial charge in [-0.15, -0.1) is 0 Å². The molecule has 0 saturated heterocycles. The van der Waals surface area contributed by atoms with E-state index in [-0.39, 0.29) is 11.7 Å². The maximum absolute atomic E-state index is 13.4. The smallest absolute Gasteiger partial charge is 0.252 e. The summed E-state index contributed by atoms with van der Waals surface area (Å²) in [5, 5.41) is 3.26. The van der Waals surface area contributed by atoms with Crippen LogP contribution in [0.25, 0.3) is 10.9 Å². The van der Waals surface area contributed by atoms with E-state index in [4.69, 9.17) is 0 Å². The second-order valence-electron chi connectivity index (χ2n) is 4.44. The van der Waals surface area contributed by atoms with Gasteiger partial charge >= 0.3 is 0 Å². The maximum Gasteiger partial charge on any atom is 0.252 e. The largest absolute Gasteiger partial charge is 0.363 e. The molecule has 19 heavy (non-hydrogen) atoms. The van der Waals surface area contributed by atoms with Gasteiger partial charge in [0.05, 0.1) is 11.1 Å². The first-order valence-electron chi connectivity index (χ1n) is 6.08. The predicted octanol–water partition coefficient (Wildman–Crippen LogP) is 2.19. The average Bonchev–Trinajstić information content (AvgIpc) is 2.37. The molecule has 0 atom stereocenters. The van der Waals surface area contributed by atoms with Crippen molar-refractivity contribution < 1.29 is 9.18 Å². The fourth-order valence-electron chi connectivity index (χ4n) is 1.86. The number of amides is 1. The number of carbonyl (C=O) groups is 1. The number of nitrogens with zero attached hydrogens (tertiary/aromatic N) is 2. The summed E-state index contributed by atoms with van der Waals surface area (Å²) >= 11 is 0. The normalized spacial score (nSPS) is 10.5. The van der Waals surface area contributed by atoms with Gasteiger partial charge in [-0.3, -0.25) is 4.79 Å². The van der Waals surface area contributed by atoms with Crippen molar-refractivity contribution >= 4 is 22.6 Å². The lowest BCUT2D eigenvalue weighted by molar-refractivity contribution is 0.0957. The molecule has 1 N–H and O–H groups in total. The van der Waals surface area contributed by atoms with Gasteiger partial charge in [0.15, 0.2) is 0 Å². The quantitative estimate of drug-likeness (QED) is 0.921. The Hall–Kier alpha value is -2.17. The SMILES string of the molecule is CCNC(=O)c1cc(N(C)C)nc2ccc(F)cc12. The van der Waals surface area contributed by atoms with Crippen LogP contribution in [-0.2, 0) is 0 Å². The van der Waals surface area contributed by atoms with Crippen LogP contribution in [-0.4, -0.2) is 31.5 Å². The Morgan fingerprint density at radius 2 is 2.11 bits per heavy atom. The number of pyridine rings is 1. The number of anilines is 1. The third-order valence-electron chi connectivity index (χ3n) is 2.80. The van der Waals surface area contributed by atoms with Crippen molar-refractivity contribution in [3.63, 3.8) is 0 Å². The molecule has 100 valence electrons. The van der Waals surface area contributed by atoms with Gasteiger partial charge < -0.3 is 10.2 Å². The van der Waals surface area contributed by atoms with Gasteiger partial charge in [-0.05, 0) is 31.2 Å². The molecule has 0 saturated carbocycles. The first-order chi connectivity index (χ1) is 9.02. The minimum Gasteiger partial charge on any atom is -0.363 e. The van der Waals surface area contributed by atoms with E-state index in [9.17, 15) is 9.18 Å². The number of carbonyl (C=O) groups excluding carboxylic acids is 1. The molecule has 5 heteroatoms. The van der Waals surface area contributed by atoms with Crippen LogP contribution in [0.2, 0.25) is 0 Å². The predicted molar refractivity (Wildman–Crippen MR) is 74.0 cm³/mol. The molecule has 2 aromatic rings. The van der Waals surface area contributed by atoms with Crippen LogP contribution in [0.1, 0.15) is 17.3 Å². The van der Waals surface area contributed by atoms with Crippen LogP contribution in [0.3, 0.4) is 0 Å². The van der Waals surface area contributed by atoms with Gasteiger partial charge in [0.1, 0.15) is 11.6 Å². The van der Waals surface area contributed by atoms with Crippen LogP contribution >= 0.6 is 0 Å². The number of fused-ring (bicyclic) bond motifs is 1. The van der Waals surface area contributed by atoms with Gasteiger partial charge in [-0.2, -0.15) is 0 Å². The summed E-state index contributed by atoms with van der Waals surface area (Å²) in [6.45, 7) is 2.37. The van der Waals surface area contributed by atoms with E-state index in [1.807, 2.05) is 25.9 Å². The van der Waals surface area contributed by atoms with E-state index in [1.54, 1.807) is 12.1 Å². The van der Waals surface area contributed by atoms with Crippen LogP contribution in [0.4, 0.5) is 10.2 Å². The van der Waals surface area contributed by atoms with E-state index in [1.165, 1.54) is 12.1 Å². The molecule has 0 unspecified atom stereocenters. The third kappa shape index (κ3) is 2.65. The highest BCUT2D eigenvalue weighted by Crippen LogP contribution is 2.23. The van der Waals surface area contributed by atoms with E-state index in [2.05, 4.69) is 10.3 Å². The molecule has 1 aromatic carbocycles.